The van der Waals surface area contributed by atoms with Gasteiger partial charge in [0, 0.05) is 58.3 Å². The maximum atomic E-state index is 12.5. The van der Waals surface area contributed by atoms with Crippen molar-refractivity contribution in [1.82, 2.24) is 25.0 Å². The summed E-state index contributed by atoms with van der Waals surface area (Å²) in [5.74, 6) is 0.885. The van der Waals surface area contributed by atoms with E-state index in [0.717, 1.165) is 12.8 Å². The third-order valence-corrected chi connectivity index (χ3v) is 6.43. The molecule has 1 amide bonds. The van der Waals surface area contributed by atoms with Crippen molar-refractivity contribution in [3.05, 3.63) is 18.0 Å². The van der Waals surface area contributed by atoms with Crippen molar-refractivity contribution in [3.63, 3.8) is 0 Å². The Morgan fingerprint density at radius 3 is 2.50 bits per heavy atom. The number of hydrogen-bond acceptors (Lipinski definition) is 6. The van der Waals surface area contributed by atoms with Crippen LogP contribution >= 0.6 is 24.0 Å². The molecule has 28 heavy (non-hydrogen) atoms. The second-order valence-corrected chi connectivity index (χ2v) is 8.64. The van der Waals surface area contributed by atoms with Gasteiger partial charge in [0.25, 0.3) is 0 Å². The van der Waals surface area contributed by atoms with Gasteiger partial charge in [-0.15, -0.1) is 24.0 Å². The standard InChI is InChI=1S/C16H26N6O4S.HI/c1-17-16(19-6-5-18-15(23)13-2-3-13)21-7-9-22(10-8-21)27(24,25)12-14-4-11-26-20-14;/h4,11,13H,2-3,5-10,12H2,1H3,(H,17,19)(H,18,23);1H. The van der Waals surface area contributed by atoms with E-state index < -0.39 is 10.0 Å². The highest BCUT2D eigenvalue weighted by Gasteiger charge is 2.30. The number of sulfonamides is 1. The number of amides is 1. The zero-order chi connectivity index (χ0) is 19.3. The predicted octanol–water partition coefficient (Wildman–Crippen LogP) is -0.158. The van der Waals surface area contributed by atoms with Crippen molar-refractivity contribution in [2.75, 3.05) is 46.3 Å². The number of carbonyl (C=O) groups is 1. The van der Waals surface area contributed by atoms with E-state index in [9.17, 15) is 13.2 Å². The lowest BCUT2D eigenvalue weighted by atomic mass is 10.4. The summed E-state index contributed by atoms with van der Waals surface area (Å²) in [6.45, 7) is 2.99. The minimum Gasteiger partial charge on any atom is -0.364 e. The molecule has 1 aliphatic heterocycles. The maximum absolute atomic E-state index is 12.5. The molecule has 1 aliphatic carbocycles. The molecule has 10 nitrogen and oxygen atoms in total. The van der Waals surface area contributed by atoms with Crippen LogP contribution in [0.4, 0.5) is 0 Å². The van der Waals surface area contributed by atoms with Crippen LogP contribution in [0.3, 0.4) is 0 Å². The maximum Gasteiger partial charge on any atom is 0.223 e. The molecule has 2 N–H and O–H groups in total. The molecule has 2 aliphatic rings. The Hall–Kier alpha value is -1.41. The fraction of sp³-hybridized carbons (Fsp3) is 0.688. The fourth-order valence-electron chi connectivity index (χ4n) is 2.95. The van der Waals surface area contributed by atoms with E-state index in [1.54, 1.807) is 13.1 Å². The number of rotatable bonds is 7. The molecule has 0 unspecified atom stereocenters. The quantitative estimate of drug-likeness (QED) is 0.219. The van der Waals surface area contributed by atoms with Crippen LogP contribution in [-0.2, 0) is 20.6 Å². The smallest absolute Gasteiger partial charge is 0.223 e. The highest BCUT2D eigenvalue weighted by atomic mass is 127. The van der Waals surface area contributed by atoms with Crippen molar-refractivity contribution in [2.24, 2.45) is 10.9 Å². The first-order chi connectivity index (χ1) is 13.0. The molecule has 1 aromatic heterocycles. The van der Waals surface area contributed by atoms with Crippen molar-refractivity contribution in [3.8, 4) is 0 Å². The van der Waals surface area contributed by atoms with Crippen LogP contribution in [0.2, 0.25) is 0 Å². The van der Waals surface area contributed by atoms with Gasteiger partial charge in [-0.05, 0) is 12.8 Å². The van der Waals surface area contributed by atoms with E-state index in [2.05, 4.69) is 20.8 Å². The van der Waals surface area contributed by atoms with E-state index in [-0.39, 0.29) is 41.6 Å². The molecule has 1 saturated carbocycles. The highest BCUT2D eigenvalue weighted by molar-refractivity contribution is 14.0. The molecule has 1 saturated heterocycles. The van der Waals surface area contributed by atoms with Gasteiger partial charge in [-0.1, -0.05) is 5.16 Å². The topological polar surface area (TPSA) is 120 Å². The minimum absolute atomic E-state index is 0. The number of hydrogen-bond donors (Lipinski definition) is 2. The Morgan fingerprint density at radius 1 is 1.25 bits per heavy atom. The zero-order valence-electron chi connectivity index (χ0n) is 15.8. The summed E-state index contributed by atoms with van der Waals surface area (Å²) < 4.78 is 31.1. The van der Waals surface area contributed by atoms with Crippen LogP contribution in [0, 0.1) is 5.92 Å². The Balaban J connectivity index is 0.00000280. The molecule has 0 spiro atoms. The largest absolute Gasteiger partial charge is 0.364 e. The summed E-state index contributed by atoms with van der Waals surface area (Å²) in [6.07, 6.45) is 3.35. The average Bonchev–Trinajstić information content (AvgIpc) is 3.40. The summed E-state index contributed by atoms with van der Waals surface area (Å²) >= 11 is 0. The van der Waals surface area contributed by atoms with Gasteiger partial charge < -0.3 is 20.1 Å². The summed E-state index contributed by atoms with van der Waals surface area (Å²) in [5, 5.41) is 9.78. The van der Waals surface area contributed by atoms with Gasteiger partial charge in [-0.25, -0.2) is 8.42 Å². The minimum atomic E-state index is -3.42. The number of nitrogens with one attached hydrogen (secondary N) is 2. The van der Waals surface area contributed by atoms with E-state index in [1.807, 2.05) is 4.90 Å². The molecule has 2 fully saturated rings. The lowest BCUT2D eigenvalue weighted by molar-refractivity contribution is -0.122. The molecule has 1 aromatic rings. The van der Waals surface area contributed by atoms with Crippen LogP contribution in [0.25, 0.3) is 0 Å². The van der Waals surface area contributed by atoms with Gasteiger partial charge in [0.15, 0.2) is 5.96 Å². The second-order valence-electron chi connectivity index (χ2n) is 6.67. The van der Waals surface area contributed by atoms with E-state index in [1.165, 1.54) is 10.6 Å². The Kier molecular flexibility index (Phi) is 8.49. The van der Waals surface area contributed by atoms with Gasteiger partial charge in [-0.2, -0.15) is 4.31 Å². The van der Waals surface area contributed by atoms with Gasteiger partial charge in [0.2, 0.25) is 15.9 Å². The SMILES string of the molecule is CN=C(NCCNC(=O)C1CC1)N1CCN(S(=O)(=O)Cc2ccon2)CC1.I. The summed E-state index contributed by atoms with van der Waals surface area (Å²) in [5.41, 5.74) is 0.406. The number of aliphatic imine (C=N–C) groups is 1. The van der Waals surface area contributed by atoms with Crippen molar-refractivity contribution in [1.29, 1.82) is 0 Å². The molecular formula is C16H27IN6O4S. The molecule has 0 atom stereocenters. The van der Waals surface area contributed by atoms with Crippen molar-refractivity contribution >= 4 is 45.9 Å². The first-order valence-corrected chi connectivity index (χ1v) is 10.7. The predicted molar refractivity (Wildman–Crippen MR) is 115 cm³/mol. The molecular weight excluding hydrogens is 499 g/mol. The number of halogens is 1. The monoisotopic (exact) mass is 526 g/mol. The summed E-state index contributed by atoms with van der Waals surface area (Å²) in [7, 11) is -1.73. The van der Waals surface area contributed by atoms with Gasteiger partial charge in [-0.3, -0.25) is 9.79 Å². The van der Waals surface area contributed by atoms with Crippen LogP contribution in [0.15, 0.2) is 21.8 Å². The molecule has 12 heteroatoms. The summed E-state index contributed by atoms with van der Waals surface area (Å²) in [4.78, 5) is 17.9. The number of nitrogens with zero attached hydrogens (tertiary/aromatic N) is 4. The molecule has 158 valence electrons. The number of piperazine rings is 1. The highest BCUT2D eigenvalue weighted by Crippen LogP contribution is 2.28. The molecule has 0 aromatic carbocycles. The van der Waals surface area contributed by atoms with Crippen LogP contribution in [-0.4, -0.2) is 81.0 Å². The van der Waals surface area contributed by atoms with E-state index >= 15 is 0 Å². The van der Waals surface area contributed by atoms with Gasteiger partial charge in [0.05, 0.1) is 5.69 Å². The Bertz CT molecular complexity index is 758. The number of guanidine groups is 1. The van der Waals surface area contributed by atoms with Crippen LogP contribution < -0.4 is 10.6 Å². The van der Waals surface area contributed by atoms with Crippen molar-refractivity contribution < 1.29 is 17.7 Å². The van der Waals surface area contributed by atoms with Crippen LogP contribution in [0.5, 0.6) is 0 Å². The second kappa shape index (κ2) is 10.4. The van der Waals surface area contributed by atoms with Gasteiger partial charge >= 0.3 is 0 Å². The Morgan fingerprint density at radius 2 is 1.93 bits per heavy atom. The lowest BCUT2D eigenvalue weighted by Gasteiger charge is -2.35. The first-order valence-electron chi connectivity index (χ1n) is 9.10. The normalized spacial score (nSPS) is 18.5. The first kappa shape index (κ1) is 22.9. The molecule has 0 radical (unpaired) electrons. The van der Waals surface area contributed by atoms with E-state index in [0.29, 0.717) is 50.9 Å². The number of carbonyl (C=O) groups excluding carboxylic acids is 1. The third-order valence-electron chi connectivity index (χ3n) is 4.62. The summed E-state index contributed by atoms with van der Waals surface area (Å²) in [6, 6.07) is 1.56. The lowest BCUT2D eigenvalue weighted by Crippen LogP contribution is -2.54. The fourth-order valence-corrected chi connectivity index (χ4v) is 4.38. The third kappa shape index (κ3) is 6.30. The number of aromatic nitrogens is 1. The van der Waals surface area contributed by atoms with Gasteiger partial charge in [0.1, 0.15) is 12.0 Å². The molecule has 3 rings (SSSR count). The Labute approximate surface area is 182 Å². The van der Waals surface area contributed by atoms with Crippen molar-refractivity contribution in [2.45, 2.75) is 18.6 Å². The molecule has 0 bridgehead atoms. The molecule has 2 heterocycles. The van der Waals surface area contributed by atoms with E-state index in [4.69, 9.17) is 4.52 Å². The zero-order valence-corrected chi connectivity index (χ0v) is 19.0. The average molecular weight is 526 g/mol. The van der Waals surface area contributed by atoms with Crippen LogP contribution in [0.1, 0.15) is 18.5 Å².